The molecule has 1 unspecified atom stereocenters. The molecule has 2 amide bonds. The van der Waals surface area contributed by atoms with Crippen LogP contribution in [0.5, 0.6) is 0 Å². The summed E-state index contributed by atoms with van der Waals surface area (Å²) < 4.78 is 45.3. The predicted molar refractivity (Wildman–Crippen MR) is 148 cm³/mol. The molecule has 13 heteroatoms. The summed E-state index contributed by atoms with van der Waals surface area (Å²) in [5, 5.41) is 17.0. The molecule has 2 aromatic carbocycles. The molecule has 3 aliphatic heterocycles. The Balaban J connectivity index is 1.34. The number of nitrogens with one attached hydrogen (secondary N) is 2. The zero-order valence-electron chi connectivity index (χ0n) is 22.6. The zero-order valence-corrected chi connectivity index (χ0v) is 23.4. The minimum atomic E-state index is -4.09. The van der Waals surface area contributed by atoms with Gasteiger partial charge in [0.25, 0.3) is 0 Å². The van der Waals surface area contributed by atoms with Crippen molar-refractivity contribution >= 4 is 27.7 Å². The van der Waals surface area contributed by atoms with Gasteiger partial charge in [-0.1, -0.05) is 30.3 Å². The highest BCUT2D eigenvalue weighted by Gasteiger charge is 2.44. The second kappa shape index (κ2) is 12.7. The van der Waals surface area contributed by atoms with Crippen molar-refractivity contribution in [1.82, 2.24) is 14.9 Å². The van der Waals surface area contributed by atoms with E-state index in [2.05, 4.69) is 10.6 Å². The first-order valence-electron chi connectivity index (χ1n) is 13.8. The maximum atomic E-state index is 13.7. The molecule has 2 aromatic rings. The Hall–Kier alpha value is -3.23. The number of hydrogen-bond donors (Lipinski definition) is 4. The van der Waals surface area contributed by atoms with Crippen LogP contribution in [-0.2, 0) is 35.4 Å². The Morgan fingerprint density at radius 3 is 2.61 bits per heavy atom. The normalized spacial score (nSPS) is 25.5. The Kier molecular flexibility index (Phi) is 9.09. The molecule has 0 saturated carbocycles. The Morgan fingerprint density at radius 1 is 1.15 bits per heavy atom. The van der Waals surface area contributed by atoms with Crippen LogP contribution >= 0.6 is 0 Å². The summed E-state index contributed by atoms with van der Waals surface area (Å²) in [7, 11) is -4.09. The fraction of sp³-hybridized carbons (Fsp3) is 0.500. The van der Waals surface area contributed by atoms with Gasteiger partial charge in [-0.2, -0.15) is 4.31 Å². The van der Waals surface area contributed by atoms with E-state index in [-0.39, 0.29) is 49.1 Å². The molecule has 0 spiro atoms. The molecule has 3 heterocycles. The SMILES string of the molecule is Nc1ccc(S(=O)(=O)N(C[C@H]2CCC(=O)N2)C[C@@H](O)[C@H](Cc2ccccc2)NC(=O)OC2CO[C@H]3OCC[C@@H]23)cc1. The van der Waals surface area contributed by atoms with E-state index in [0.29, 0.717) is 31.6 Å². The number of nitrogen functional groups attached to an aromatic ring is 1. The highest BCUT2D eigenvalue weighted by Crippen LogP contribution is 2.33. The number of aliphatic hydroxyl groups is 1. The summed E-state index contributed by atoms with van der Waals surface area (Å²) in [6.45, 7) is 0.379. The average molecular weight is 589 g/mol. The van der Waals surface area contributed by atoms with Crippen LogP contribution in [0.4, 0.5) is 10.5 Å². The molecular weight excluding hydrogens is 552 g/mol. The fourth-order valence-electron chi connectivity index (χ4n) is 5.48. The lowest BCUT2D eigenvalue weighted by Crippen LogP contribution is -2.53. The van der Waals surface area contributed by atoms with Crippen molar-refractivity contribution in [2.75, 3.05) is 32.0 Å². The second-order valence-corrected chi connectivity index (χ2v) is 12.6. The van der Waals surface area contributed by atoms with E-state index < -0.39 is 40.4 Å². The molecule has 6 atom stereocenters. The van der Waals surface area contributed by atoms with E-state index in [4.69, 9.17) is 19.9 Å². The monoisotopic (exact) mass is 588 g/mol. The van der Waals surface area contributed by atoms with E-state index in [1.54, 1.807) is 0 Å². The van der Waals surface area contributed by atoms with Crippen molar-refractivity contribution in [3.63, 3.8) is 0 Å². The summed E-state index contributed by atoms with van der Waals surface area (Å²) in [5.41, 5.74) is 7.00. The van der Waals surface area contributed by atoms with Gasteiger partial charge in [0.2, 0.25) is 15.9 Å². The number of benzene rings is 2. The number of nitrogens with two attached hydrogens (primary N) is 1. The topological polar surface area (TPSA) is 170 Å². The summed E-state index contributed by atoms with van der Waals surface area (Å²) >= 11 is 0. The molecule has 12 nitrogen and oxygen atoms in total. The Morgan fingerprint density at radius 2 is 1.90 bits per heavy atom. The molecule has 5 N–H and O–H groups in total. The van der Waals surface area contributed by atoms with Crippen molar-refractivity contribution in [3.8, 4) is 0 Å². The standard InChI is InChI=1S/C28H36N4O8S/c29-19-6-9-21(10-7-19)41(36,37)32(15-20-8-11-26(34)30-20)16-24(33)23(14-18-4-2-1-3-5-18)31-28(35)40-25-17-39-27-22(25)12-13-38-27/h1-7,9-10,20,22-25,27,33H,8,11-17,29H2,(H,30,34)(H,31,35)/t20-,22+,23+,24-,25?,27-/m1/s1. The summed E-state index contributed by atoms with van der Waals surface area (Å²) in [6.07, 6.45) is -1.21. The highest BCUT2D eigenvalue weighted by atomic mass is 32.2. The number of ether oxygens (including phenoxy) is 3. The largest absolute Gasteiger partial charge is 0.443 e. The van der Waals surface area contributed by atoms with Gasteiger partial charge in [0.15, 0.2) is 6.29 Å². The zero-order chi connectivity index (χ0) is 29.0. The molecule has 222 valence electrons. The number of aliphatic hydroxyl groups excluding tert-OH is 1. The Bertz CT molecular complexity index is 1310. The van der Waals surface area contributed by atoms with Gasteiger partial charge in [0, 0.05) is 31.2 Å². The van der Waals surface area contributed by atoms with E-state index >= 15 is 0 Å². The number of hydrogen-bond acceptors (Lipinski definition) is 9. The predicted octanol–water partition coefficient (Wildman–Crippen LogP) is 0.998. The molecule has 3 aliphatic rings. The number of carbonyl (C=O) groups excluding carboxylic acids is 2. The minimum Gasteiger partial charge on any atom is -0.443 e. The van der Waals surface area contributed by atoms with Crippen LogP contribution in [0.2, 0.25) is 0 Å². The third-order valence-corrected chi connectivity index (χ3v) is 9.57. The first kappa shape index (κ1) is 29.3. The molecule has 0 aromatic heterocycles. The molecule has 5 rings (SSSR count). The maximum absolute atomic E-state index is 13.7. The fourth-order valence-corrected chi connectivity index (χ4v) is 6.98. The van der Waals surface area contributed by atoms with E-state index in [1.807, 2.05) is 30.3 Å². The van der Waals surface area contributed by atoms with Crippen molar-refractivity contribution in [1.29, 1.82) is 0 Å². The van der Waals surface area contributed by atoms with Crippen molar-refractivity contribution < 1.29 is 37.3 Å². The van der Waals surface area contributed by atoms with Gasteiger partial charge in [-0.25, -0.2) is 13.2 Å². The molecule has 3 fully saturated rings. The smallest absolute Gasteiger partial charge is 0.407 e. The molecule has 0 radical (unpaired) electrons. The number of carbonyl (C=O) groups is 2. The maximum Gasteiger partial charge on any atom is 0.407 e. The van der Waals surface area contributed by atoms with Gasteiger partial charge >= 0.3 is 6.09 Å². The van der Waals surface area contributed by atoms with Crippen LogP contribution in [0.3, 0.4) is 0 Å². The number of alkyl carbamates (subject to hydrolysis) is 1. The average Bonchev–Trinajstić information content (AvgIpc) is 3.68. The molecule has 0 bridgehead atoms. The number of rotatable bonds is 11. The van der Waals surface area contributed by atoms with Crippen LogP contribution in [0.25, 0.3) is 0 Å². The first-order chi connectivity index (χ1) is 19.7. The molecule has 0 aliphatic carbocycles. The van der Waals surface area contributed by atoms with Crippen LogP contribution < -0.4 is 16.4 Å². The number of fused-ring (bicyclic) bond motifs is 1. The summed E-state index contributed by atoms with van der Waals surface area (Å²) in [6, 6.07) is 13.7. The highest BCUT2D eigenvalue weighted by molar-refractivity contribution is 7.89. The van der Waals surface area contributed by atoms with Crippen LogP contribution in [0, 0.1) is 5.92 Å². The van der Waals surface area contributed by atoms with Crippen LogP contribution in [0.1, 0.15) is 24.8 Å². The van der Waals surface area contributed by atoms with E-state index in [1.165, 1.54) is 24.3 Å². The van der Waals surface area contributed by atoms with Crippen molar-refractivity contribution in [2.45, 2.75) is 61.2 Å². The van der Waals surface area contributed by atoms with E-state index in [9.17, 15) is 23.1 Å². The Labute approximate surface area is 239 Å². The summed E-state index contributed by atoms with van der Waals surface area (Å²) in [4.78, 5) is 24.9. The second-order valence-electron chi connectivity index (χ2n) is 10.7. The number of sulfonamides is 1. The molecule has 41 heavy (non-hydrogen) atoms. The van der Waals surface area contributed by atoms with Crippen molar-refractivity contribution in [3.05, 3.63) is 60.2 Å². The quantitative estimate of drug-likeness (QED) is 0.280. The lowest BCUT2D eigenvalue weighted by Gasteiger charge is -2.31. The number of anilines is 1. The van der Waals surface area contributed by atoms with Gasteiger partial charge < -0.3 is 35.7 Å². The van der Waals surface area contributed by atoms with E-state index in [0.717, 1.165) is 9.87 Å². The third kappa shape index (κ3) is 7.16. The van der Waals surface area contributed by atoms with Gasteiger partial charge in [0.05, 0.1) is 36.2 Å². The third-order valence-electron chi connectivity index (χ3n) is 7.73. The lowest BCUT2D eigenvalue weighted by molar-refractivity contribution is -0.119. The summed E-state index contributed by atoms with van der Waals surface area (Å²) in [5.74, 6) is -0.210. The van der Waals surface area contributed by atoms with Crippen LogP contribution in [0.15, 0.2) is 59.5 Å². The number of nitrogens with zero attached hydrogens (tertiary/aromatic N) is 1. The lowest BCUT2D eigenvalue weighted by atomic mass is 10.0. The van der Waals surface area contributed by atoms with Gasteiger partial charge in [-0.3, -0.25) is 4.79 Å². The molecular formula is C28H36N4O8S. The van der Waals surface area contributed by atoms with Crippen LogP contribution in [-0.4, -0.2) is 86.7 Å². The van der Waals surface area contributed by atoms with Crippen molar-refractivity contribution in [2.24, 2.45) is 5.92 Å². The van der Waals surface area contributed by atoms with Gasteiger partial charge in [-0.15, -0.1) is 0 Å². The van der Waals surface area contributed by atoms with Gasteiger partial charge in [-0.05, 0) is 49.1 Å². The van der Waals surface area contributed by atoms with Gasteiger partial charge in [0.1, 0.15) is 6.10 Å². The minimum absolute atomic E-state index is 0.00442. The first-order valence-corrected chi connectivity index (χ1v) is 15.2. The number of amides is 2. The molecule has 3 saturated heterocycles.